The third kappa shape index (κ3) is 4.04. The van der Waals surface area contributed by atoms with Crippen LogP contribution in [0.25, 0.3) is 11.3 Å². The van der Waals surface area contributed by atoms with Crippen molar-refractivity contribution in [2.75, 3.05) is 11.9 Å². The zero-order valence-corrected chi connectivity index (χ0v) is 15.8. The van der Waals surface area contributed by atoms with E-state index in [1.165, 1.54) is 11.3 Å². The summed E-state index contributed by atoms with van der Waals surface area (Å²) in [5.41, 5.74) is 1.70. The molecule has 0 radical (unpaired) electrons. The predicted octanol–water partition coefficient (Wildman–Crippen LogP) is 4.04. The molecule has 1 aromatic carbocycles. The van der Waals surface area contributed by atoms with Gasteiger partial charge in [-0.25, -0.2) is 4.98 Å². The van der Waals surface area contributed by atoms with Crippen molar-refractivity contribution in [1.29, 1.82) is 0 Å². The molecule has 2 amide bonds. The van der Waals surface area contributed by atoms with Crippen LogP contribution in [0.1, 0.15) is 12.2 Å². The number of carbonyl (C=O) groups excluding carboxylic acids is 2. The van der Waals surface area contributed by atoms with Crippen molar-refractivity contribution in [3.63, 3.8) is 0 Å². The Balaban J connectivity index is 1.38. The van der Waals surface area contributed by atoms with Gasteiger partial charge in [0, 0.05) is 28.9 Å². The number of nitrogens with one attached hydrogen (secondary N) is 1. The number of benzene rings is 1. The Kier molecular flexibility index (Phi) is 4.96. The highest BCUT2D eigenvalue weighted by molar-refractivity contribution is 7.14. The van der Waals surface area contributed by atoms with E-state index in [0.29, 0.717) is 29.0 Å². The minimum Gasteiger partial charge on any atom is -0.467 e. The Bertz CT molecular complexity index is 953. The highest BCUT2D eigenvalue weighted by Crippen LogP contribution is 2.27. The van der Waals surface area contributed by atoms with Crippen molar-refractivity contribution in [3.05, 3.63) is 58.8 Å². The van der Waals surface area contributed by atoms with Crippen molar-refractivity contribution in [1.82, 2.24) is 9.88 Å². The Hall–Kier alpha value is -2.64. The molecule has 4 rings (SSSR count). The maximum Gasteiger partial charge on any atom is 0.231 e. The van der Waals surface area contributed by atoms with Gasteiger partial charge in [-0.2, -0.15) is 0 Å². The maximum absolute atomic E-state index is 12.5. The zero-order chi connectivity index (χ0) is 18.8. The van der Waals surface area contributed by atoms with E-state index in [1.54, 1.807) is 29.4 Å². The smallest absolute Gasteiger partial charge is 0.231 e. The summed E-state index contributed by atoms with van der Waals surface area (Å²) in [7, 11) is 0. The summed E-state index contributed by atoms with van der Waals surface area (Å²) < 4.78 is 5.28. The van der Waals surface area contributed by atoms with Gasteiger partial charge >= 0.3 is 0 Å². The van der Waals surface area contributed by atoms with E-state index in [-0.39, 0.29) is 18.2 Å². The first-order valence-electron chi connectivity index (χ1n) is 8.41. The van der Waals surface area contributed by atoms with Gasteiger partial charge in [-0.05, 0) is 24.3 Å². The average Bonchev–Trinajstić information content (AvgIpc) is 3.39. The second kappa shape index (κ2) is 7.54. The lowest BCUT2D eigenvalue weighted by molar-refractivity contribution is -0.128. The molecular formula is C19H16ClN3O3S. The standard InChI is InChI=1S/C19H16ClN3O3S/c20-14-5-3-12(4-6-14)16-11-27-19(21-16)22-18(25)13-8-17(24)23(9-13)10-15-2-1-7-26-15/h1-7,11,13H,8-10H2,(H,21,22,25)/t13-/m0/s1. The average molecular weight is 402 g/mol. The van der Waals surface area contributed by atoms with E-state index in [0.717, 1.165) is 11.3 Å². The van der Waals surface area contributed by atoms with Crippen LogP contribution in [-0.4, -0.2) is 28.2 Å². The van der Waals surface area contributed by atoms with Crippen LogP contribution in [0.15, 0.2) is 52.5 Å². The summed E-state index contributed by atoms with van der Waals surface area (Å²) in [5, 5.41) is 5.88. The highest BCUT2D eigenvalue weighted by Gasteiger charge is 2.35. The van der Waals surface area contributed by atoms with Crippen molar-refractivity contribution < 1.29 is 14.0 Å². The largest absolute Gasteiger partial charge is 0.467 e. The number of thiazole rings is 1. The molecule has 8 heteroatoms. The van der Waals surface area contributed by atoms with E-state index >= 15 is 0 Å². The summed E-state index contributed by atoms with van der Waals surface area (Å²) in [6.45, 7) is 0.758. The van der Waals surface area contributed by atoms with Crippen LogP contribution in [0.5, 0.6) is 0 Å². The molecular weight excluding hydrogens is 386 g/mol. The summed E-state index contributed by atoms with van der Waals surface area (Å²) in [6, 6.07) is 10.9. The van der Waals surface area contributed by atoms with Crippen LogP contribution >= 0.6 is 22.9 Å². The molecule has 1 saturated heterocycles. The van der Waals surface area contributed by atoms with Crippen LogP contribution in [0.4, 0.5) is 5.13 Å². The Labute approximate surface area is 164 Å². The highest BCUT2D eigenvalue weighted by atomic mass is 35.5. The Morgan fingerprint density at radius 2 is 2.15 bits per heavy atom. The summed E-state index contributed by atoms with van der Waals surface area (Å²) in [4.78, 5) is 30.8. The second-order valence-corrected chi connectivity index (χ2v) is 7.58. The van der Waals surface area contributed by atoms with Gasteiger partial charge in [-0.15, -0.1) is 11.3 Å². The Morgan fingerprint density at radius 1 is 1.33 bits per heavy atom. The van der Waals surface area contributed by atoms with Crippen molar-refractivity contribution in [2.24, 2.45) is 5.92 Å². The van der Waals surface area contributed by atoms with Crippen LogP contribution in [0.2, 0.25) is 5.02 Å². The number of aromatic nitrogens is 1. The molecule has 1 fully saturated rings. The molecule has 1 aliphatic heterocycles. The molecule has 0 aliphatic carbocycles. The van der Waals surface area contributed by atoms with Crippen LogP contribution < -0.4 is 5.32 Å². The normalized spacial score (nSPS) is 16.7. The molecule has 0 unspecified atom stereocenters. The third-order valence-corrected chi connectivity index (χ3v) is 5.40. The number of rotatable bonds is 5. The van der Waals surface area contributed by atoms with Gasteiger partial charge in [-0.3, -0.25) is 9.59 Å². The van der Waals surface area contributed by atoms with Crippen molar-refractivity contribution in [3.8, 4) is 11.3 Å². The first kappa shape index (κ1) is 17.8. The van der Waals surface area contributed by atoms with Gasteiger partial charge in [0.25, 0.3) is 0 Å². The first-order chi connectivity index (χ1) is 13.1. The fourth-order valence-electron chi connectivity index (χ4n) is 2.98. The lowest BCUT2D eigenvalue weighted by Gasteiger charge is -2.14. The number of halogens is 1. The second-order valence-electron chi connectivity index (χ2n) is 6.29. The quantitative estimate of drug-likeness (QED) is 0.700. The molecule has 1 aliphatic rings. The number of hydrogen-bond acceptors (Lipinski definition) is 5. The molecule has 3 heterocycles. The minimum absolute atomic E-state index is 0.0486. The molecule has 0 bridgehead atoms. The van der Waals surface area contributed by atoms with E-state index in [1.807, 2.05) is 23.6 Å². The zero-order valence-electron chi connectivity index (χ0n) is 14.2. The summed E-state index contributed by atoms with van der Waals surface area (Å²) in [6.07, 6.45) is 1.77. The third-order valence-electron chi connectivity index (χ3n) is 4.39. The molecule has 1 atom stereocenters. The fourth-order valence-corrected chi connectivity index (χ4v) is 3.83. The van der Waals surface area contributed by atoms with Crippen LogP contribution in [-0.2, 0) is 16.1 Å². The summed E-state index contributed by atoms with van der Waals surface area (Å²) >= 11 is 7.25. The van der Waals surface area contributed by atoms with Crippen LogP contribution in [0, 0.1) is 5.92 Å². The van der Waals surface area contributed by atoms with Gasteiger partial charge in [0.05, 0.1) is 24.4 Å². The molecule has 2 aromatic heterocycles. The lowest BCUT2D eigenvalue weighted by atomic mass is 10.1. The molecule has 138 valence electrons. The molecule has 6 nitrogen and oxygen atoms in total. The van der Waals surface area contributed by atoms with Gasteiger partial charge in [0.2, 0.25) is 11.8 Å². The number of hydrogen-bond donors (Lipinski definition) is 1. The lowest BCUT2D eigenvalue weighted by Crippen LogP contribution is -2.27. The van der Waals surface area contributed by atoms with Crippen LogP contribution in [0.3, 0.4) is 0 Å². The maximum atomic E-state index is 12.5. The summed E-state index contributed by atoms with van der Waals surface area (Å²) in [5.74, 6) is 0.0714. The SMILES string of the molecule is O=C(Nc1nc(-c2ccc(Cl)cc2)cs1)[C@H]1CC(=O)N(Cc2ccco2)C1. The van der Waals surface area contributed by atoms with Crippen molar-refractivity contribution in [2.45, 2.75) is 13.0 Å². The molecule has 1 N–H and O–H groups in total. The minimum atomic E-state index is -0.393. The number of likely N-dealkylation sites (tertiary alicyclic amines) is 1. The molecule has 0 saturated carbocycles. The van der Waals surface area contributed by atoms with Gasteiger partial charge in [0.1, 0.15) is 5.76 Å². The van der Waals surface area contributed by atoms with E-state index in [4.69, 9.17) is 16.0 Å². The van der Waals surface area contributed by atoms with Gasteiger partial charge in [-0.1, -0.05) is 23.7 Å². The van der Waals surface area contributed by atoms with Crippen molar-refractivity contribution >= 4 is 39.9 Å². The molecule has 0 spiro atoms. The molecule has 27 heavy (non-hydrogen) atoms. The number of anilines is 1. The Morgan fingerprint density at radius 3 is 2.89 bits per heavy atom. The van der Waals surface area contributed by atoms with E-state index < -0.39 is 5.92 Å². The van der Waals surface area contributed by atoms with Gasteiger partial charge in [0.15, 0.2) is 5.13 Å². The topological polar surface area (TPSA) is 75.4 Å². The fraction of sp³-hybridized carbons (Fsp3) is 0.211. The molecule has 3 aromatic rings. The number of furan rings is 1. The number of carbonyl (C=O) groups is 2. The van der Waals surface area contributed by atoms with E-state index in [9.17, 15) is 9.59 Å². The van der Waals surface area contributed by atoms with E-state index in [2.05, 4.69) is 10.3 Å². The first-order valence-corrected chi connectivity index (χ1v) is 9.67. The van der Waals surface area contributed by atoms with Gasteiger partial charge < -0.3 is 14.6 Å². The number of nitrogens with zero attached hydrogens (tertiary/aromatic N) is 2. The number of amides is 2. The predicted molar refractivity (Wildman–Crippen MR) is 103 cm³/mol. The monoisotopic (exact) mass is 401 g/mol.